The van der Waals surface area contributed by atoms with Gasteiger partial charge in [0.15, 0.2) is 6.10 Å². The highest BCUT2D eigenvalue weighted by Gasteiger charge is 2.20. The van der Waals surface area contributed by atoms with Crippen molar-refractivity contribution < 1.29 is 18.7 Å². The molecule has 0 fully saturated rings. The van der Waals surface area contributed by atoms with Gasteiger partial charge in [-0.2, -0.15) is 0 Å². The molecule has 0 saturated carbocycles. The fourth-order valence-electron chi connectivity index (χ4n) is 2.89. The highest BCUT2D eigenvalue weighted by molar-refractivity contribution is 5.93. The molecule has 2 heterocycles. The van der Waals surface area contributed by atoms with E-state index in [1.807, 2.05) is 26.0 Å². The maximum atomic E-state index is 12.6. The highest BCUT2D eigenvalue weighted by Crippen LogP contribution is 2.25. The third-order valence-electron chi connectivity index (χ3n) is 4.72. The number of aromatic nitrogens is 4. The summed E-state index contributed by atoms with van der Waals surface area (Å²) in [7, 11) is 1.60. The lowest BCUT2D eigenvalue weighted by atomic mass is 10.2. The molecule has 2 aromatic heterocycles. The molecule has 8 nitrogen and oxygen atoms in total. The standard InChI is InChI=1S/C22H20N4O4/c1-12-13(2)24-19-11-16(7-10-18(19)23-12)22(27)29-14(3)20-25-26-21(30-20)15-5-8-17(28-4)9-6-15/h5-11,14H,1-4H3/t14-/m1/s1. The molecule has 152 valence electrons. The van der Waals surface area contributed by atoms with Crippen molar-refractivity contribution in [3.8, 4) is 17.2 Å². The van der Waals surface area contributed by atoms with Crippen LogP contribution in [0.15, 0.2) is 46.9 Å². The Morgan fingerprint density at radius 3 is 2.37 bits per heavy atom. The van der Waals surface area contributed by atoms with Crippen LogP contribution in [0.5, 0.6) is 5.75 Å². The fourth-order valence-corrected chi connectivity index (χ4v) is 2.89. The van der Waals surface area contributed by atoms with E-state index < -0.39 is 12.1 Å². The number of methoxy groups -OCH3 is 1. The molecule has 0 amide bonds. The first-order valence-electron chi connectivity index (χ1n) is 9.38. The number of benzene rings is 2. The molecule has 4 rings (SSSR count). The number of esters is 1. The Hall–Kier alpha value is -3.81. The van der Waals surface area contributed by atoms with Crippen LogP contribution in [-0.2, 0) is 4.74 Å². The van der Waals surface area contributed by atoms with E-state index >= 15 is 0 Å². The number of rotatable bonds is 5. The number of fused-ring (bicyclic) bond motifs is 1. The monoisotopic (exact) mass is 404 g/mol. The number of aryl methyl sites for hydroxylation is 2. The molecular weight excluding hydrogens is 384 g/mol. The molecule has 4 aromatic rings. The number of hydrogen-bond acceptors (Lipinski definition) is 8. The lowest BCUT2D eigenvalue weighted by Gasteiger charge is -2.10. The first-order chi connectivity index (χ1) is 14.4. The average molecular weight is 404 g/mol. The van der Waals surface area contributed by atoms with Crippen molar-refractivity contribution in [1.29, 1.82) is 0 Å². The summed E-state index contributed by atoms with van der Waals surface area (Å²) in [6.45, 7) is 5.46. The van der Waals surface area contributed by atoms with Gasteiger partial charge in [0.1, 0.15) is 5.75 Å². The van der Waals surface area contributed by atoms with Gasteiger partial charge in [-0.15, -0.1) is 10.2 Å². The van der Waals surface area contributed by atoms with Gasteiger partial charge < -0.3 is 13.9 Å². The molecule has 0 radical (unpaired) electrons. The van der Waals surface area contributed by atoms with E-state index in [-0.39, 0.29) is 5.89 Å². The molecule has 2 aromatic carbocycles. The van der Waals surface area contributed by atoms with Gasteiger partial charge in [-0.3, -0.25) is 0 Å². The van der Waals surface area contributed by atoms with Crippen LogP contribution in [0.1, 0.15) is 40.7 Å². The van der Waals surface area contributed by atoms with Crippen molar-refractivity contribution in [2.45, 2.75) is 26.9 Å². The highest BCUT2D eigenvalue weighted by atomic mass is 16.6. The second-order valence-electron chi connectivity index (χ2n) is 6.82. The van der Waals surface area contributed by atoms with Gasteiger partial charge in [-0.25, -0.2) is 14.8 Å². The van der Waals surface area contributed by atoms with Gasteiger partial charge in [0, 0.05) is 5.56 Å². The molecule has 8 heteroatoms. The molecule has 30 heavy (non-hydrogen) atoms. The Morgan fingerprint density at radius 1 is 0.967 bits per heavy atom. The SMILES string of the molecule is COc1ccc(-c2nnc([C@@H](C)OC(=O)c3ccc4nc(C)c(C)nc4c3)o2)cc1. The van der Waals surface area contributed by atoms with Crippen LogP contribution in [0.25, 0.3) is 22.5 Å². The second-order valence-corrected chi connectivity index (χ2v) is 6.82. The number of carbonyl (C=O) groups excluding carboxylic acids is 1. The Balaban J connectivity index is 1.50. The van der Waals surface area contributed by atoms with Gasteiger partial charge in [0.05, 0.1) is 35.1 Å². The fraction of sp³-hybridized carbons (Fsp3) is 0.227. The van der Waals surface area contributed by atoms with Crippen LogP contribution in [0.3, 0.4) is 0 Å². The number of nitrogens with zero attached hydrogens (tertiary/aromatic N) is 4. The molecule has 0 N–H and O–H groups in total. The predicted octanol–water partition coefficient (Wildman–Crippen LogP) is 4.22. The van der Waals surface area contributed by atoms with Crippen LogP contribution >= 0.6 is 0 Å². The van der Waals surface area contributed by atoms with Crippen LogP contribution in [0, 0.1) is 13.8 Å². The Bertz CT molecular complexity index is 1220. The van der Waals surface area contributed by atoms with Crippen molar-refractivity contribution in [1.82, 2.24) is 20.2 Å². The number of ether oxygens (including phenoxy) is 2. The van der Waals surface area contributed by atoms with Crippen molar-refractivity contribution in [3.63, 3.8) is 0 Å². The van der Waals surface area contributed by atoms with E-state index in [0.717, 1.165) is 28.2 Å². The normalized spacial score (nSPS) is 12.0. The van der Waals surface area contributed by atoms with Crippen LogP contribution in [0.4, 0.5) is 0 Å². The zero-order valence-corrected chi connectivity index (χ0v) is 17.0. The quantitative estimate of drug-likeness (QED) is 0.456. The minimum absolute atomic E-state index is 0.209. The van der Waals surface area contributed by atoms with Gasteiger partial charge >= 0.3 is 5.97 Å². The summed E-state index contributed by atoms with van der Waals surface area (Å²) in [4.78, 5) is 21.6. The molecular formula is C22H20N4O4. The Kier molecular flexibility index (Phi) is 5.14. The molecule has 0 saturated heterocycles. The lowest BCUT2D eigenvalue weighted by molar-refractivity contribution is 0.0280. The molecule has 0 aliphatic heterocycles. The Labute approximate surface area is 172 Å². The minimum atomic E-state index is -0.710. The first kappa shape index (κ1) is 19.5. The minimum Gasteiger partial charge on any atom is -0.497 e. The summed E-state index contributed by atoms with van der Waals surface area (Å²) in [6, 6.07) is 12.3. The van der Waals surface area contributed by atoms with Gasteiger partial charge in [0.25, 0.3) is 5.89 Å². The summed E-state index contributed by atoms with van der Waals surface area (Å²) in [5.74, 6) is 0.767. The van der Waals surface area contributed by atoms with Crippen molar-refractivity contribution in [3.05, 3.63) is 65.3 Å². The smallest absolute Gasteiger partial charge is 0.338 e. The van der Waals surface area contributed by atoms with Crippen LogP contribution in [0.2, 0.25) is 0 Å². The van der Waals surface area contributed by atoms with E-state index in [9.17, 15) is 4.79 Å². The summed E-state index contributed by atoms with van der Waals surface area (Å²) >= 11 is 0. The third-order valence-corrected chi connectivity index (χ3v) is 4.72. The molecule has 0 bridgehead atoms. The number of carbonyl (C=O) groups is 1. The van der Waals surface area contributed by atoms with Crippen LogP contribution in [-0.4, -0.2) is 33.2 Å². The zero-order chi connectivity index (χ0) is 21.3. The largest absolute Gasteiger partial charge is 0.497 e. The molecule has 0 unspecified atom stereocenters. The van der Waals surface area contributed by atoms with Gasteiger partial charge in [-0.05, 0) is 63.2 Å². The van der Waals surface area contributed by atoms with E-state index in [2.05, 4.69) is 20.2 Å². The average Bonchev–Trinajstić information content (AvgIpc) is 3.25. The maximum absolute atomic E-state index is 12.6. The van der Waals surface area contributed by atoms with E-state index in [4.69, 9.17) is 13.9 Å². The summed E-state index contributed by atoms with van der Waals surface area (Å²) in [5, 5.41) is 8.04. The van der Waals surface area contributed by atoms with Gasteiger partial charge in [-0.1, -0.05) is 0 Å². The number of hydrogen-bond donors (Lipinski definition) is 0. The third kappa shape index (κ3) is 3.84. The van der Waals surface area contributed by atoms with Crippen molar-refractivity contribution in [2.24, 2.45) is 0 Å². The predicted molar refractivity (Wildman–Crippen MR) is 109 cm³/mol. The second kappa shape index (κ2) is 7.90. The van der Waals surface area contributed by atoms with Crippen LogP contribution < -0.4 is 4.74 Å². The molecule has 0 spiro atoms. The van der Waals surface area contributed by atoms with E-state index in [0.29, 0.717) is 17.0 Å². The van der Waals surface area contributed by atoms with Gasteiger partial charge in [0.2, 0.25) is 5.89 Å². The summed E-state index contributed by atoms with van der Waals surface area (Å²) in [5.41, 5.74) is 4.16. The first-order valence-corrected chi connectivity index (χ1v) is 9.38. The zero-order valence-electron chi connectivity index (χ0n) is 17.0. The summed E-state index contributed by atoms with van der Waals surface area (Å²) < 4.78 is 16.3. The maximum Gasteiger partial charge on any atom is 0.338 e. The van der Waals surface area contributed by atoms with Crippen molar-refractivity contribution >= 4 is 17.0 Å². The van der Waals surface area contributed by atoms with Crippen molar-refractivity contribution in [2.75, 3.05) is 7.11 Å². The molecule has 0 aliphatic carbocycles. The topological polar surface area (TPSA) is 100 Å². The van der Waals surface area contributed by atoms with E-state index in [1.165, 1.54) is 0 Å². The molecule has 1 atom stereocenters. The van der Waals surface area contributed by atoms with E-state index in [1.54, 1.807) is 44.4 Å². The lowest BCUT2D eigenvalue weighted by Crippen LogP contribution is -2.10. The Morgan fingerprint density at radius 2 is 1.67 bits per heavy atom. The summed E-state index contributed by atoms with van der Waals surface area (Å²) in [6.07, 6.45) is -0.710. The molecule has 0 aliphatic rings.